The van der Waals surface area contributed by atoms with E-state index in [0.717, 1.165) is 11.3 Å². The number of benzene rings is 3. The summed E-state index contributed by atoms with van der Waals surface area (Å²) in [7, 11) is 0. The van der Waals surface area contributed by atoms with Crippen molar-refractivity contribution in [3.63, 3.8) is 0 Å². The second kappa shape index (κ2) is 7.45. The first-order chi connectivity index (χ1) is 12.1. The summed E-state index contributed by atoms with van der Waals surface area (Å²) in [4.78, 5) is 24.7. The Hall–Kier alpha value is -3.40. The van der Waals surface area contributed by atoms with Crippen molar-refractivity contribution >= 4 is 23.2 Å². The van der Waals surface area contributed by atoms with Gasteiger partial charge < -0.3 is 10.6 Å². The van der Waals surface area contributed by atoms with E-state index in [1.165, 1.54) is 0 Å². The molecule has 0 spiro atoms. The molecule has 0 unspecified atom stereocenters. The molecule has 0 bridgehead atoms. The summed E-state index contributed by atoms with van der Waals surface area (Å²) in [5.41, 5.74) is 3.41. The average molecular weight is 330 g/mol. The molecule has 25 heavy (non-hydrogen) atoms. The molecule has 0 aliphatic heterocycles. The quantitative estimate of drug-likeness (QED) is 0.740. The summed E-state index contributed by atoms with van der Waals surface area (Å²) < 4.78 is 0. The number of carbonyl (C=O) groups is 2. The largest absolute Gasteiger partial charge is 0.322 e. The number of anilines is 2. The van der Waals surface area contributed by atoms with E-state index < -0.39 is 0 Å². The third kappa shape index (κ3) is 4.32. The van der Waals surface area contributed by atoms with Crippen LogP contribution in [0.3, 0.4) is 0 Å². The highest BCUT2D eigenvalue weighted by Gasteiger charge is 2.11. The van der Waals surface area contributed by atoms with E-state index in [9.17, 15) is 9.59 Å². The van der Waals surface area contributed by atoms with Gasteiger partial charge >= 0.3 is 0 Å². The monoisotopic (exact) mass is 330 g/mol. The molecule has 0 aliphatic carbocycles. The summed E-state index contributed by atoms with van der Waals surface area (Å²) in [6.07, 6.45) is 0. The molecule has 0 atom stereocenters. The molecule has 0 aromatic heterocycles. The minimum atomic E-state index is -0.254. The second-order valence-electron chi connectivity index (χ2n) is 5.72. The Labute approximate surface area is 146 Å². The molecule has 3 aromatic carbocycles. The summed E-state index contributed by atoms with van der Waals surface area (Å²) in [6, 6.07) is 23.4. The highest BCUT2D eigenvalue weighted by atomic mass is 16.2. The van der Waals surface area contributed by atoms with Gasteiger partial charge in [0.05, 0.1) is 0 Å². The van der Waals surface area contributed by atoms with Gasteiger partial charge in [-0.15, -0.1) is 0 Å². The number of nitrogens with one attached hydrogen (secondary N) is 2. The zero-order valence-corrected chi connectivity index (χ0v) is 13.8. The van der Waals surface area contributed by atoms with Crippen LogP contribution < -0.4 is 10.6 Å². The van der Waals surface area contributed by atoms with Gasteiger partial charge in [0.1, 0.15) is 0 Å². The van der Waals surface area contributed by atoms with E-state index in [1.54, 1.807) is 24.3 Å². The highest BCUT2D eigenvalue weighted by Crippen LogP contribution is 2.13. The normalized spacial score (nSPS) is 10.1. The van der Waals surface area contributed by atoms with Crippen molar-refractivity contribution in [3.05, 3.63) is 95.6 Å². The second-order valence-corrected chi connectivity index (χ2v) is 5.72. The minimum absolute atomic E-state index is 0.252. The molecule has 3 aromatic rings. The van der Waals surface area contributed by atoms with E-state index in [0.29, 0.717) is 16.8 Å². The van der Waals surface area contributed by atoms with Gasteiger partial charge in [0.2, 0.25) is 0 Å². The van der Waals surface area contributed by atoms with Crippen LogP contribution >= 0.6 is 0 Å². The number of hydrogen-bond acceptors (Lipinski definition) is 2. The third-order valence-electron chi connectivity index (χ3n) is 3.73. The summed E-state index contributed by atoms with van der Waals surface area (Å²) in [5.74, 6) is -0.505. The van der Waals surface area contributed by atoms with Gasteiger partial charge in [-0.3, -0.25) is 9.59 Å². The van der Waals surface area contributed by atoms with Crippen LogP contribution in [0.1, 0.15) is 26.3 Å². The Morgan fingerprint density at radius 2 is 1.16 bits per heavy atom. The van der Waals surface area contributed by atoms with E-state index in [-0.39, 0.29) is 11.8 Å². The predicted molar refractivity (Wildman–Crippen MR) is 100.0 cm³/mol. The zero-order chi connectivity index (χ0) is 17.6. The summed E-state index contributed by atoms with van der Waals surface area (Å²) in [6.45, 7) is 1.99. The first-order valence-corrected chi connectivity index (χ1v) is 7.96. The van der Waals surface area contributed by atoms with Gasteiger partial charge in [0, 0.05) is 22.5 Å². The maximum Gasteiger partial charge on any atom is 0.255 e. The lowest BCUT2D eigenvalue weighted by molar-refractivity contribution is 0.102. The van der Waals surface area contributed by atoms with Crippen molar-refractivity contribution in [2.24, 2.45) is 0 Å². The molecule has 2 N–H and O–H groups in total. The molecular weight excluding hydrogens is 312 g/mol. The summed E-state index contributed by atoms with van der Waals surface area (Å²) in [5, 5.41) is 5.64. The topological polar surface area (TPSA) is 58.2 Å². The smallest absolute Gasteiger partial charge is 0.255 e. The van der Waals surface area contributed by atoms with E-state index in [2.05, 4.69) is 10.6 Å². The molecule has 2 amide bonds. The van der Waals surface area contributed by atoms with Crippen molar-refractivity contribution < 1.29 is 9.59 Å². The van der Waals surface area contributed by atoms with Gasteiger partial charge in [-0.1, -0.05) is 42.0 Å². The van der Waals surface area contributed by atoms with Crippen molar-refractivity contribution in [2.45, 2.75) is 6.92 Å². The van der Waals surface area contributed by atoms with Gasteiger partial charge in [0.25, 0.3) is 11.8 Å². The number of rotatable bonds is 4. The van der Waals surface area contributed by atoms with Crippen LogP contribution in [-0.4, -0.2) is 11.8 Å². The Kier molecular flexibility index (Phi) is 4.90. The minimum Gasteiger partial charge on any atom is -0.322 e. The van der Waals surface area contributed by atoms with Crippen molar-refractivity contribution in [1.29, 1.82) is 0 Å². The van der Waals surface area contributed by atoms with Crippen LogP contribution in [0.4, 0.5) is 11.4 Å². The Morgan fingerprint density at radius 3 is 1.72 bits per heavy atom. The average Bonchev–Trinajstić information content (AvgIpc) is 2.64. The molecule has 3 rings (SSSR count). The Bertz CT molecular complexity index is 887. The van der Waals surface area contributed by atoms with Crippen LogP contribution in [0, 0.1) is 6.92 Å². The lowest BCUT2D eigenvalue weighted by Gasteiger charge is -2.08. The Balaban J connectivity index is 1.73. The lowest BCUT2D eigenvalue weighted by Crippen LogP contribution is -2.15. The molecule has 4 nitrogen and oxygen atoms in total. The van der Waals surface area contributed by atoms with Crippen molar-refractivity contribution in [1.82, 2.24) is 0 Å². The molecule has 0 saturated carbocycles. The van der Waals surface area contributed by atoms with Crippen LogP contribution in [0.15, 0.2) is 78.9 Å². The first-order valence-electron chi connectivity index (χ1n) is 7.96. The fourth-order valence-corrected chi connectivity index (χ4v) is 2.37. The molecule has 0 aliphatic rings. The van der Waals surface area contributed by atoms with Crippen LogP contribution in [0.2, 0.25) is 0 Å². The first kappa shape index (κ1) is 16.5. The zero-order valence-electron chi connectivity index (χ0n) is 13.8. The Morgan fingerprint density at radius 1 is 0.640 bits per heavy atom. The van der Waals surface area contributed by atoms with Crippen molar-refractivity contribution in [3.8, 4) is 0 Å². The van der Waals surface area contributed by atoms with Gasteiger partial charge in [0.15, 0.2) is 0 Å². The molecule has 0 radical (unpaired) electrons. The number of para-hydroxylation sites is 1. The van der Waals surface area contributed by atoms with E-state index >= 15 is 0 Å². The SMILES string of the molecule is Cc1ccc(NC(=O)c2cccc(C(=O)Nc3ccccc3)c2)cc1. The van der Waals surface area contributed by atoms with E-state index in [1.807, 2.05) is 61.5 Å². The number of carbonyl (C=O) groups excluding carboxylic acids is 2. The fourth-order valence-electron chi connectivity index (χ4n) is 2.37. The van der Waals surface area contributed by atoms with Crippen molar-refractivity contribution in [2.75, 3.05) is 10.6 Å². The van der Waals surface area contributed by atoms with Gasteiger partial charge in [-0.25, -0.2) is 0 Å². The van der Waals surface area contributed by atoms with Crippen LogP contribution in [0.5, 0.6) is 0 Å². The molecular formula is C21H18N2O2. The third-order valence-corrected chi connectivity index (χ3v) is 3.73. The number of aryl methyl sites for hydroxylation is 1. The molecule has 0 saturated heterocycles. The number of amides is 2. The lowest BCUT2D eigenvalue weighted by atomic mass is 10.1. The van der Waals surface area contributed by atoms with Gasteiger partial charge in [-0.2, -0.15) is 0 Å². The summed E-state index contributed by atoms with van der Waals surface area (Å²) >= 11 is 0. The van der Waals surface area contributed by atoms with Crippen LogP contribution in [0.25, 0.3) is 0 Å². The predicted octanol–water partition coefficient (Wildman–Crippen LogP) is 4.50. The number of hydrogen-bond donors (Lipinski definition) is 2. The molecule has 4 heteroatoms. The fraction of sp³-hybridized carbons (Fsp3) is 0.0476. The van der Waals surface area contributed by atoms with Crippen LogP contribution in [-0.2, 0) is 0 Å². The maximum atomic E-state index is 12.4. The molecule has 0 heterocycles. The van der Waals surface area contributed by atoms with Gasteiger partial charge in [-0.05, 0) is 49.4 Å². The molecule has 124 valence electrons. The standard InChI is InChI=1S/C21H18N2O2/c1-15-10-12-19(13-11-15)23-21(25)17-7-5-6-16(14-17)20(24)22-18-8-3-2-4-9-18/h2-14H,1H3,(H,22,24)(H,23,25). The molecule has 0 fully saturated rings. The maximum absolute atomic E-state index is 12.4. The van der Waals surface area contributed by atoms with E-state index in [4.69, 9.17) is 0 Å². The highest BCUT2D eigenvalue weighted by molar-refractivity contribution is 6.08.